The molecule has 150 valence electrons. The second kappa shape index (κ2) is 6.07. The van der Waals surface area contributed by atoms with Crippen LogP contribution in [0.3, 0.4) is 0 Å². The minimum absolute atomic E-state index is 0.377. The van der Waals surface area contributed by atoms with E-state index >= 15 is 0 Å². The van der Waals surface area contributed by atoms with Crippen molar-refractivity contribution >= 4 is 17.0 Å². The molecule has 2 aliphatic carbocycles. The first-order valence-electron chi connectivity index (χ1n) is 9.85. The maximum Gasteiger partial charge on any atom is 0.167 e. The van der Waals surface area contributed by atoms with Crippen LogP contribution in [0.15, 0.2) is 12.7 Å². The quantitative estimate of drug-likeness (QED) is 0.488. The highest BCUT2D eigenvalue weighted by Crippen LogP contribution is 2.58. The minimum Gasteiger partial charge on any atom is -0.394 e. The first-order chi connectivity index (χ1) is 13.7. The van der Waals surface area contributed by atoms with Crippen molar-refractivity contribution in [2.75, 3.05) is 18.5 Å². The lowest BCUT2D eigenvalue weighted by molar-refractivity contribution is -0.0511. The predicted octanol–water partition coefficient (Wildman–Crippen LogP) is -0.727. The summed E-state index contributed by atoms with van der Waals surface area (Å²) in [5.41, 5.74) is 1.09. The van der Waals surface area contributed by atoms with Gasteiger partial charge in [0.25, 0.3) is 0 Å². The lowest BCUT2D eigenvalue weighted by Gasteiger charge is -2.20. The summed E-state index contributed by atoms with van der Waals surface area (Å²) in [6.45, 7) is 0.443. The standard InChI is InChI=1S/C18H23N5O5/c24-4-10-12(25)13(26)18(27-10)23-6-22-11-16(20-5-21-17(11)23)19-3-8-1-7-2-9(8)15-14(7)28-15/h5-10,12-15,18,24-26H,1-4H2,(H,19,20,21)/t7?,8?,9?,10-,12-,13-,14?,15?,18?/m1/s1. The fourth-order valence-corrected chi connectivity index (χ4v) is 5.47. The van der Waals surface area contributed by atoms with E-state index in [1.54, 1.807) is 4.57 Å². The van der Waals surface area contributed by atoms with Gasteiger partial charge in [0.05, 0.1) is 25.1 Å². The molecule has 4 fully saturated rings. The number of imidazole rings is 1. The Morgan fingerprint density at radius 2 is 2.00 bits per heavy atom. The molecule has 2 bridgehead atoms. The highest BCUT2D eigenvalue weighted by atomic mass is 16.6. The van der Waals surface area contributed by atoms with Gasteiger partial charge >= 0.3 is 0 Å². The molecule has 2 aromatic rings. The van der Waals surface area contributed by atoms with Crippen LogP contribution in [-0.2, 0) is 9.47 Å². The lowest BCUT2D eigenvalue weighted by atomic mass is 9.89. The number of ether oxygens (including phenoxy) is 2. The summed E-state index contributed by atoms with van der Waals surface area (Å²) in [6, 6.07) is 0. The molecule has 2 saturated heterocycles. The van der Waals surface area contributed by atoms with Gasteiger partial charge in [0.1, 0.15) is 24.6 Å². The molecule has 0 amide bonds. The molecule has 0 radical (unpaired) electrons. The molecule has 6 unspecified atom stereocenters. The van der Waals surface area contributed by atoms with Crippen LogP contribution in [0.4, 0.5) is 5.82 Å². The second-order valence-corrected chi connectivity index (χ2v) is 8.38. The van der Waals surface area contributed by atoms with Crippen LogP contribution in [0, 0.1) is 17.8 Å². The van der Waals surface area contributed by atoms with E-state index in [0.29, 0.717) is 41.0 Å². The first kappa shape index (κ1) is 17.0. The summed E-state index contributed by atoms with van der Waals surface area (Å²) in [7, 11) is 0. The van der Waals surface area contributed by atoms with Gasteiger partial charge in [-0.3, -0.25) is 4.57 Å². The second-order valence-electron chi connectivity index (χ2n) is 8.38. The van der Waals surface area contributed by atoms with Crippen molar-refractivity contribution < 1.29 is 24.8 Å². The summed E-state index contributed by atoms with van der Waals surface area (Å²) in [4.78, 5) is 13.0. The SMILES string of the molecule is OC[C@H]1OC(n2cnc3c(NCC4CC5CC4C4OC54)ncnc32)[C@H](O)[C@@H]1O. The molecule has 0 aromatic carbocycles. The number of aliphatic hydroxyl groups excluding tert-OH is 3. The number of hydrogen-bond donors (Lipinski definition) is 4. The third-order valence-corrected chi connectivity index (χ3v) is 6.92. The Morgan fingerprint density at radius 1 is 1.11 bits per heavy atom. The molecule has 0 spiro atoms. The van der Waals surface area contributed by atoms with Crippen molar-refractivity contribution in [1.82, 2.24) is 19.5 Å². The van der Waals surface area contributed by atoms with Gasteiger partial charge in [-0.05, 0) is 30.6 Å². The molecule has 4 aliphatic rings. The summed E-state index contributed by atoms with van der Waals surface area (Å²) in [5.74, 6) is 2.60. The summed E-state index contributed by atoms with van der Waals surface area (Å²) >= 11 is 0. The minimum atomic E-state index is -1.18. The number of fused-ring (bicyclic) bond motifs is 6. The van der Waals surface area contributed by atoms with Crippen LogP contribution in [0.2, 0.25) is 0 Å². The van der Waals surface area contributed by atoms with E-state index in [-0.39, 0.29) is 6.61 Å². The highest BCUT2D eigenvalue weighted by molar-refractivity contribution is 5.82. The Labute approximate surface area is 160 Å². The number of nitrogens with one attached hydrogen (secondary N) is 1. The molecule has 2 saturated carbocycles. The summed E-state index contributed by atoms with van der Waals surface area (Å²) < 4.78 is 12.9. The number of epoxide rings is 1. The van der Waals surface area contributed by atoms with Gasteiger partial charge in [-0.1, -0.05) is 0 Å². The molecule has 2 aliphatic heterocycles. The normalized spacial score (nSPS) is 43.6. The Morgan fingerprint density at radius 3 is 2.75 bits per heavy atom. The molecule has 28 heavy (non-hydrogen) atoms. The zero-order chi connectivity index (χ0) is 19.0. The van der Waals surface area contributed by atoms with Gasteiger partial charge in [-0.15, -0.1) is 0 Å². The van der Waals surface area contributed by atoms with E-state index in [9.17, 15) is 15.3 Å². The zero-order valence-corrected chi connectivity index (χ0v) is 15.1. The molecule has 2 aromatic heterocycles. The van der Waals surface area contributed by atoms with Crippen molar-refractivity contribution in [3.63, 3.8) is 0 Å². The molecule has 10 nitrogen and oxygen atoms in total. The topological polar surface area (TPSA) is 138 Å². The highest BCUT2D eigenvalue weighted by Gasteiger charge is 2.62. The Bertz CT molecular complexity index is 908. The van der Waals surface area contributed by atoms with Crippen molar-refractivity contribution in [2.24, 2.45) is 17.8 Å². The fraction of sp³-hybridized carbons (Fsp3) is 0.722. The van der Waals surface area contributed by atoms with Crippen LogP contribution >= 0.6 is 0 Å². The fourth-order valence-electron chi connectivity index (χ4n) is 5.47. The van der Waals surface area contributed by atoms with Crippen LogP contribution in [0.1, 0.15) is 19.1 Å². The van der Waals surface area contributed by atoms with Crippen LogP contribution < -0.4 is 5.32 Å². The van der Waals surface area contributed by atoms with Crippen LogP contribution in [0.5, 0.6) is 0 Å². The number of nitrogens with zero attached hydrogens (tertiary/aromatic N) is 4. The summed E-state index contributed by atoms with van der Waals surface area (Å²) in [6.07, 6.45) is 2.39. The molecule has 4 N–H and O–H groups in total. The van der Waals surface area contributed by atoms with E-state index < -0.39 is 24.5 Å². The van der Waals surface area contributed by atoms with Gasteiger partial charge in [0.2, 0.25) is 0 Å². The zero-order valence-electron chi connectivity index (χ0n) is 15.1. The Hall–Kier alpha value is -1.85. The van der Waals surface area contributed by atoms with Gasteiger partial charge in [0, 0.05) is 6.54 Å². The number of hydrogen-bond acceptors (Lipinski definition) is 9. The van der Waals surface area contributed by atoms with E-state index in [0.717, 1.165) is 12.5 Å². The van der Waals surface area contributed by atoms with Gasteiger partial charge in [-0.2, -0.15) is 0 Å². The smallest absolute Gasteiger partial charge is 0.167 e. The average Bonchev–Trinajstić information content (AvgIpc) is 2.99. The molecular weight excluding hydrogens is 366 g/mol. The van der Waals surface area contributed by atoms with Crippen molar-refractivity contribution in [3.05, 3.63) is 12.7 Å². The molecule has 9 atom stereocenters. The van der Waals surface area contributed by atoms with E-state index in [1.807, 2.05) is 0 Å². The number of anilines is 1. The predicted molar refractivity (Wildman–Crippen MR) is 95.2 cm³/mol. The third kappa shape index (κ3) is 2.35. The van der Waals surface area contributed by atoms with E-state index in [4.69, 9.17) is 9.47 Å². The largest absolute Gasteiger partial charge is 0.394 e. The van der Waals surface area contributed by atoms with E-state index in [2.05, 4.69) is 20.3 Å². The Balaban J connectivity index is 1.23. The van der Waals surface area contributed by atoms with E-state index in [1.165, 1.54) is 25.5 Å². The monoisotopic (exact) mass is 389 g/mol. The molecular formula is C18H23N5O5. The molecule has 4 heterocycles. The van der Waals surface area contributed by atoms with Crippen molar-refractivity contribution in [1.29, 1.82) is 0 Å². The van der Waals surface area contributed by atoms with Gasteiger partial charge < -0.3 is 30.1 Å². The number of aromatic nitrogens is 4. The van der Waals surface area contributed by atoms with Crippen LogP contribution in [-0.4, -0.2) is 78.5 Å². The lowest BCUT2D eigenvalue weighted by Crippen LogP contribution is -2.33. The molecule has 10 heteroatoms. The van der Waals surface area contributed by atoms with Crippen LogP contribution in [0.25, 0.3) is 11.2 Å². The maximum atomic E-state index is 10.3. The third-order valence-electron chi connectivity index (χ3n) is 6.92. The Kier molecular flexibility index (Phi) is 3.70. The van der Waals surface area contributed by atoms with Gasteiger partial charge in [0.15, 0.2) is 23.2 Å². The molecule has 6 rings (SSSR count). The number of aliphatic hydroxyl groups is 3. The van der Waals surface area contributed by atoms with Crippen molar-refractivity contribution in [3.8, 4) is 0 Å². The maximum absolute atomic E-state index is 10.3. The van der Waals surface area contributed by atoms with Gasteiger partial charge in [-0.25, -0.2) is 15.0 Å². The van der Waals surface area contributed by atoms with Crippen molar-refractivity contribution in [2.45, 2.75) is 49.6 Å². The summed E-state index contributed by atoms with van der Waals surface area (Å²) in [5, 5.41) is 33.0. The first-order valence-corrected chi connectivity index (χ1v) is 9.85. The number of rotatable bonds is 5. The average molecular weight is 389 g/mol.